The number of carbonyl (C=O) groups is 16. The van der Waals surface area contributed by atoms with Crippen LogP contribution in [0.4, 0.5) is 0 Å². The molecule has 0 spiro atoms. The van der Waals surface area contributed by atoms with E-state index >= 15 is 0 Å². The molecule has 0 saturated carbocycles. The Morgan fingerprint density at radius 2 is 0.851 bits per heavy atom. The predicted molar refractivity (Wildman–Crippen MR) is 342 cm³/mol. The van der Waals surface area contributed by atoms with Gasteiger partial charge in [-0.1, -0.05) is 72.1 Å². The van der Waals surface area contributed by atoms with Crippen LogP contribution in [0.2, 0.25) is 0 Å². The molecule has 1 atom stereocenters. The lowest BCUT2D eigenvalue weighted by Crippen LogP contribution is -2.50. The topological polar surface area (TPSA) is 375 Å². The van der Waals surface area contributed by atoms with Gasteiger partial charge in [0.05, 0.1) is 65.9 Å². The van der Waals surface area contributed by atoms with Crippen LogP contribution in [0.15, 0.2) is 159 Å². The first-order valence-corrected chi connectivity index (χ1v) is 32.2. The summed E-state index contributed by atoms with van der Waals surface area (Å²) in [6.45, 7) is -2.38. The Hall–Kier alpha value is -8.80. The molecule has 9 rings (SSSR count). The number of thioether (sulfide) groups is 2. The summed E-state index contributed by atoms with van der Waals surface area (Å²) >= 11 is 14.2. The zero-order chi connectivity index (χ0) is 68.7. The van der Waals surface area contributed by atoms with Crippen molar-refractivity contribution in [1.29, 1.82) is 0 Å². The first-order valence-electron chi connectivity index (χ1n) is 27.4. The van der Waals surface area contributed by atoms with Crippen molar-refractivity contribution < 1.29 is 102 Å². The van der Waals surface area contributed by atoms with E-state index < -0.39 is 126 Å². The van der Waals surface area contributed by atoms with E-state index in [2.05, 4.69) is 63.7 Å². The van der Waals surface area contributed by atoms with E-state index in [9.17, 15) is 76.7 Å². The van der Waals surface area contributed by atoms with Crippen molar-refractivity contribution in [2.45, 2.75) is 41.2 Å². The number of rotatable bonds is 28. The number of halogens is 4. The summed E-state index contributed by atoms with van der Waals surface area (Å²) in [5.41, 5.74) is 0.692. The summed E-state index contributed by atoms with van der Waals surface area (Å²) in [6.07, 6.45) is 5.32. The number of carbonyl (C=O) groups excluding carboxylic acids is 13. The number of ether oxygens (including phenoxy) is 2. The Kier molecular flexibility index (Phi) is 25.8. The van der Waals surface area contributed by atoms with Gasteiger partial charge in [-0.2, -0.15) is 0 Å². The summed E-state index contributed by atoms with van der Waals surface area (Å²) in [5.74, 6) is -10.4. The normalized spacial score (nSPS) is 16.5. The van der Waals surface area contributed by atoms with E-state index in [1.807, 2.05) is 60.7 Å². The largest absolute Gasteiger partial charge is 0.482 e. The van der Waals surface area contributed by atoms with Crippen molar-refractivity contribution in [2.24, 2.45) is 0 Å². The van der Waals surface area contributed by atoms with Crippen LogP contribution in [0.25, 0.3) is 0 Å². The van der Waals surface area contributed by atoms with Crippen LogP contribution in [0, 0.1) is 0 Å². The van der Waals surface area contributed by atoms with E-state index in [1.165, 1.54) is 17.1 Å². The molecule has 6 aliphatic heterocycles. The molecule has 0 radical (unpaired) electrons. The predicted octanol–water partition coefficient (Wildman–Crippen LogP) is 3.88. The first-order chi connectivity index (χ1) is 44.6. The fourth-order valence-corrected chi connectivity index (χ4v) is 12.5. The molecular weight excluding hydrogens is 1540 g/mol. The average molecular weight is 1590 g/mol. The maximum Gasteiger partial charge on any atom is 0.341 e. The molecule has 3 aromatic rings. The van der Waals surface area contributed by atoms with E-state index in [4.69, 9.17) is 24.8 Å². The van der Waals surface area contributed by atoms with E-state index in [0.717, 1.165) is 87.0 Å². The van der Waals surface area contributed by atoms with Crippen LogP contribution in [0.1, 0.15) is 18.4 Å². The van der Waals surface area contributed by atoms with Gasteiger partial charge in [0, 0.05) is 78.8 Å². The Labute approximate surface area is 574 Å². The number of carboxylic acid groups (broad SMARTS) is 3. The summed E-state index contributed by atoms with van der Waals surface area (Å²) in [6, 6.07) is 23.8. The maximum atomic E-state index is 12.9. The standard InChI is InChI=1S/C28H25N3O7S2.C19H14Br2N2O7.C13H10Br2N2O7/c32-23(11-12-26(35)36)29(13-15-30-24(33)17-21(27(30)37)39-19-7-3-1-4-8-19)14-16-31-25(34)18-22(28(31)38)40-20-9-5-2-6-10-20;20-13-6-15(24)22(18(13)28)8-11(23-16(25)7-14(21)19(23)29)5-10-1-3-12(4-2-10)30-9-17(26)27;14-7-1-9(18)16(12(7)22)3-6(24-5-11(20)21)4-17-10(19)2-8(15)13(17)23/h1-10,17-18H,11-16H2,(H,35,36);1-4,6-7,11H,5,8-9H2,(H,26,27);1-2,6H,3-5H2,(H,20,21)/t;11-;/m.0./s1. The van der Waals surface area contributed by atoms with Gasteiger partial charge in [0.15, 0.2) is 6.61 Å². The van der Waals surface area contributed by atoms with Gasteiger partial charge in [-0.05, 0) is 112 Å². The Bertz CT molecular complexity index is 3720. The number of carboxylic acids is 3. The van der Waals surface area contributed by atoms with Gasteiger partial charge in [-0.15, -0.1) is 0 Å². The second-order valence-corrected chi connectivity index (χ2v) is 25.6. The van der Waals surface area contributed by atoms with Crippen LogP contribution in [0.5, 0.6) is 5.75 Å². The summed E-state index contributed by atoms with van der Waals surface area (Å²) in [5, 5.41) is 26.4. The highest BCUT2D eigenvalue weighted by atomic mass is 79.9. The van der Waals surface area contributed by atoms with Gasteiger partial charge < -0.3 is 29.7 Å². The first kappa shape index (κ1) is 72.6. The molecule has 490 valence electrons. The molecule has 28 nitrogen and oxygen atoms in total. The third-order valence-corrected chi connectivity index (χ3v) is 17.8. The van der Waals surface area contributed by atoms with E-state index in [-0.39, 0.29) is 86.4 Å². The molecular formula is C60H49Br4N7O21S2. The molecule has 3 N–H and O–H groups in total. The second kappa shape index (κ2) is 33.3. The van der Waals surface area contributed by atoms with Crippen molar-refractivity contribution in [3.8, 4) is 5.75 Å². The molecule has 3 aromatic carbocycles. The molecule has 0 fully saturated rings. The minimum Gasteiger partial charge on any atom is -0.482 e. The van der Waals surface area contributed by atoms with E-state index in [0.29, 0.717) is 11.3 Å². The van der Waals surface area contributed by atoms with Crippen molar-refractivity contribution in [1.82, 2.24) is 34.3 Å². The minimum atomic E-state index is -1.27. The Morgan fingerprint density at radius 3 is 1.23 bits per heavy atom. The molecule has 0 bridgehead atoms. The van der Waals surface area contributed by atoms with Gasteiger partial charge in [0.1, 0.15) is 12.4 Å². The third kappa shape index (κ3) is 19.4. The van der Waals surface area contributed by atoms with Crippen molar-refractivity contribution in [2.75, 3.05) is 59.0 Å². The number of aliphatic carboxylic acids is 3. The highest BCUT2D eigenvalue weighted by Gasteiger charge is 2.41. The summed E-state index contributed by atoms with van der Waals surface area (Å²) in [4.78, 5) is 201. The SMILES string of the molecule is O=C(O)CCC(=O)N(CCN1C(=O)C=C(Sc2ccccc2)C1=O)CCN1C(=O)C=C(Sc2ccccc2)C1=O.O=C(O)COC(CN1C(=O)C=C(Br)C1=O)CN1C(=O)C=C(Br)C1=O.O=C(O)COc1ccc(C[C@@H](CN2C(=O)C=C(Br)C2=O)N2C(=O)C=C(Br)C2=O)cc1. The van der Waals surface area contributed by atoms with Crippen LogP contribution >= 0.6 is 87.2 Å². The molecule has 34 heteroatoms. The van der Waals surface area contributed by atoms with Gasteiger partial charge >= 0.3 is 17.9 Å². The maximum absolute atomic E-state index is 12.9. The van der Waals surface area contributed by atoms with Crippen molar-refractivity contribution in [3.63, 3.8) is 0 Å². The lowest BCUT2D eigenvalue weighted by molar-refractivity contribution is -0.149. The molecule has 6 heterocycles. The van der Waals surface area contributed by atoms with Crippen LogP contribution in [-0.2, 0) is 87.9 Å². The molecule has 0 saturated heterocycles. The number of hydrogen-bond acceptors (Lipinski definition) is 20. The lowest BCUT2D eigenvalue weighted by atomic mass is 10.0. The highest BCUT2D eigenvalue weighted by molar-refractivity contribution is 9.12. The fourth-order valence-electron chi connectivity index (χ4n) is 9.04. The zero-order valence-electron chi connectivity index (χ0n) is 48.3. The average Bonchev–Trinajstić information content (AvgIpc) is 1.70. The minimum absolute atomic E-state index is 0.0576. The van der Waals surface area contributed by atoms with Gasteiger partial charge in [0.2, 0.25) is 5.91 Å². The fraction of sp³-hybridized carbons (Fsp3) is 0.233. The van der Waals surface area contributed by atoms with Crippen LogP contribution < -0.4 is 4.74 Å². The Morgan fingerprint density at radius 1 is 0.447 bits per heavy atom. The molecule has 6 aliphatic rings. The number of imide groups is 6. The summed E-state index contributed by atoms with van der Waals surface area (Å²) in [7, 11) is 0. The number of amides is 13. The van der Waals surface area contributed by atoms with Crippen LogP contribution in [-0.4, -0.2) is 215 Å². The molecule has 0 aliphatic carbocycles. The number of nitrogens with zero attached hydrogens (tertiary/aromatic N) is 7. The Balaban J connectivity index is 0.000000207. The molecule has 13 amide bonds. The molecule has 0 aromatic heterocycles. The number of benzene rings is 3. The third-order valence-electron chi connectivity index (χ3n) is 13.5. The quantitative estimate of drug-likeness (QED) is 0.0868. The van der Waals surface area contributed by atoms with Gasteiger partial charge in [-0.3, -0.25) is 96.5 Å². The van der Waals surface area contributed by atoms with Gasteiger partial charge in [-0.25, -0.2) is 9.59 Å². The number of hydrogen-bond donors (Lipinski definition) is 3. The van der Waals surface area contributed by atoms with Crippen molar-refractivity contribution >= 4 is 182 Å². The molecule has 94 heavy (non-hydrogen) atoms. The molecule has 0 unspecified atom stereocenters. The van der Waals surface area contributed by atoms with Gasteiger partial charge in [0.25, 0.3) is 70.9 Å². The monoisotopic (exact) mass is 1580 g/mol. The second-order valence-electron chi connectivity index (χ2n) is 20.0. The van der Waals surface area contributed by atoms with Crippen molar-refractivity contribution in [3.05, 3.63) is 155 Å². The smallest absolute Gasteiger partial charge is 0.341 e. The summed E-state index contributed by atoms with van der Waals surface area (Å²) < 4.78 is 10.5. The highest BCUT2D eigenvalue weighted by Crippen LogP contribution is 2.33. The van der Waals surface area contributed by atoms with Crippen LogP contribution in [0.3, 0.4) is 0 Å². The van der Waals surface area contributed by atoms with E-state index in [1.54, 1.807) is 24.3 Å². The lowest BCUT2D eigenvalue weighted by Gasteiger charge is -2.29. The zero-order valence-corrected chi connectivity index (χ0v) is 56.3.